The highest BCUT2D eigenvalue weighted by Crippen LogP contribution is 2.43. The first kappa shape index (κ1) is 15.9. The van der Waals surface area contributed by atoms with Gasteiger partial charge in [0.25, 0.3) is 0 Å². The van der Waals surface area contributed by atoms with Crippen molar-refractivity contribution < 1.29 is 9.47 Å². The van der Waals surface area contributed by atoms with Gasteiger partial charge in [0.05, 0.1) is 0 Å². The minimum atomic E-state index is 0.205. The van der Waals surface area contributed by atoms with Crippen molar-refractivity contribution in [1.82, 2.24) is 0 Å². The molecule has 3 rings (SSSR count). The van der Waals surface area contributed by atoms with Crippen LogP contribution in [-0.2, 0) is 13.0 Å². The number of ether oxygens (including phenoxy) is 2. The van der Waals surface area contributed by atoms with Gasteiger partial charge in [-0.25, -0.2) is 0 Å². The SMILES string of the molecule is Cc1c(C)c2c(c(C)c1OCc1ccccc1)CC(CCN)O2. The summed E-state index contributed by atoms with van der Waals surface area (Å²) >= 11 is 0. The van der Waals surface area contributed by atoms with Crippen LogP contribution in [0.1, 0.15) is 34.2 Å². The van der Waals surface area contributed by atoms with Gasteiger partial charge in [-0.2, -0.15) is 0 Å². The van der Waals surface area contributed by atoms with Crippen LogP contribution in [0.4, 0.5) is 0 Å². The molecule has 3 heteroatoms. The van der Waals surface area contributed by atoms with E-state index < -0.39 is 0 Å². The van der Waals surface area contributed by atoms with Crippen molar-refractivity contribution in [2.24, 2.45) is 5.73 Å². The summed E-state index contributed by atoms with van der Waals surface area (Å²) in [6.45, 7) is 7.62. The molecule has 23 heavy (non-hydrogen) atoms. The van der Waals surface area contributed by atoms with E-state index in [4.69, 9.17) is 15.2 Å². The molecule has 0 spiro atoms. The topological polar surface area (TPSA) is 44.5 Å². The average molecular weight is 311 g/mol. The molecule has 1 aliphatic rings. The lowest BCUT2D eigenvalue weighted by Crippen LogP contribution is -2.18. The number of fused-ring (bicyclic) bond motifs is 1. The van der Waals surface area contributed by atoms with E-state index in [1.807, 2.05) is 18.2 Å². The van der Waals surface area contributed by atoms with Gasteiger partial charge in [0, 0.05) is 12.0 Å². The normalized spacial score (nSPS) is 16.1. The molecule has 1 heterocycles. The van der Waals surface area contributed by atoms with Crippen LogP contribution < -0.4 is 15.2 Å². The standard InChI is InChI=1S/C20H25NO2/c1-13-14(2)20-18(11-17(23-20)9-10-21)15(3)19(13)22-12-16-7-5-4-6-8-16/h4-8,17H,9-12,21H2,1-3H3. The van der Waals surface area contributed by atoms with Gasteiger partial charge in [-0.3, -0.25) is 0 Å². The molecule has 1 atom stereocenters. The lowest BCUT2D eigenvalue weighted by Gasteiger charge is -2.18. The smallest absolute Gasteiger partial charge is 0.126 e. The van der Waals surface area contributed by atoms with E-state index in [2.05, 4.69) is 32.9 Å². The molecule has 0 saturated heterocycles. The fourth-order valence-electron chi connectivity index (χ4n) is 3.29. The fraction of sp³-hybridized carbons (Fsp3) is 0.400. The van der Waals surface area contributed by atoms with Crippen LogP contribution in [0.5, 0.6) is 11.5 Å². The third-order valence-electron chi connectivity index (χ3n) is 4.74. The zero-order valence-electron chi connectivity index (χ0n) is 14.2. The Morgan fingerprint density at radius 2 is 1.83 bits per heavy atom. The first-order valence-electron chi connectivity index (χ1n) is 8.28. The lowest BCUT2D eigenvalue weighted by atomic mass is 9.95. The highest BCUT2D eigenvalue weighted by Gasteiger charge is 2.29. The van der Waals surface area contributed by atoms with Gasteiger partial charge < -0.3 is 15.2 Å². The Balaban J connectivity index is 1.88. The predicted octanol–water partition coefficient (Wildman–Crippen LogP) is 3.84. The van der Waals surface area contributed by atoms with E-state index in [9.17, 15) is 0 Å². The van der Waals surface area contributed by atoms with Crippen molar-refractivity contribution in [2.75, 3.05) is 6.54 Å². The maximum absolute atomic E-state index is 6.17. The van der Waals surface area contributed by atoms with Gasteiger partial charge in [-0.1, -0.05) is 30.3 Å². The number of rotatable bonds is 5. The zero-order valence-corrected chi connectivity index (χ0v) is 14.2. The van der Waals surface area contributed by atoms with E-state index in [0.29, 0.717) is 13.2 Å². The molecule has 0 amide bonds. The monoisotopic (exact) mass is 311 g/mol. The first-order valence-corrected chi connectivity index (χ1v) is 8.28. The summed E-state index contributed by atoms with van der Waals surface area (Å²) < 4.78 is 12.3. The van der Waals surface area contributed by atoms with Gasteiger partial charge in [-0.05, 0) is 56.0 Å². The van der Waals surface area contributed by atoms with Crippen molar-refractivity contribution in [3.05, 3.63) is 58.1 Å². The Hall–Kier alpha value is -2.00. The summed E-state index contributed by atoms with van der Waals surface area (Å²) in [6.07, 6.45) is 2.03. The molecule has 0 fully saturated rings. The molecule has 2 aromatic rings. The van der Waals surface area contributed by atoms with Crippen molar-refractivity contribution >= 4 is 0 Å². The molecule has 2 aromatic carbocycles. The number of hydrogen-bond acceptors (Lipinski definition) is 3. The minimum absolute atomic E-state index is 0.205. The summed E-state index contributed by atoms with van der Waals surface area (Å²) in [5.41, 5.74) is 11.7. The fourth-order valence-corrected chi connectivity index (χ4v) is 3.29. The minimum Gasteiger partial charge on any atom is -0.489 e. The van der Waals surface area contributed by atoms with E-state index in [0.717, 1.165) is 24.3 Å². The average Bonchev–Trinajstić information content (AvgIpc) is 2.98. The second-order valence-electron chi connectivity index (χ2n) is 6.31. The van der Waals surface area contributed by atoms with Crippen LogP contribution in [-0.4, -0.2) is 12.6 Å². The summed E-state index contributed by atoms with van der Waals surface area (Å²) in [5.74, 6) is 2.05. The van der Waals surface area contributed by atoms with Crippen molar-refractivity contribution in [3.63, 3.8) is 0 Å². The quantitative estimate of drug-likeness (QED) is 0.912. The van der Waals surface area contributed by atoms with Crippen molar-refractivity contribution in [1.29, 1.82) is 0 Å². The van der Waals surface area contributed by atoms with Gasteiger partial charge in [0.1, 0.15) is 24.2 Å². The molecule has 2 N–H and O–H groups in total. The van der Waals surface area contributed by atoms with Crippen molar-refractivity contribution in [2.45, 2.75) is 46.3 Å². The molecule has 0 aliphatic carbocycles. The predicted molar refractivity (Wildman–Crippen MR) is 93.2 cm³/mol. The Kier molecular flexibility index (Phi) is 4.58. The Labute approximate surface area is 138 Å². The van der Waals surface area contributed by atoms with Crippen LogP contribution in [0.25, 0.3) is 0 Å². The lowest BCUT2D eigenvalue weighted by molar-refractivity contribution is 0.223. The molecule has 122 valence electrons. The third-order valence-corrected chi connectivity index (χ3v) is 4.74. The molecular weight excluding hydrogens is 286 g/mol. The van der Waals surface area contributed by atoms with Gasteiger partial charge in [-0.15, -0.1) is 0 Å². The number of hydrogen-bond donors (Lipinski definition) is 1. The summed E-state index contributed by atoms with van der Waals surface area (Å²) in [6, 6.07) is 10.3. The Morgan fingerprint density at radius 3 is 2.52 bits per heavy atom. The molecule has 3 nitrogen and oxygen atoms in total. The molecular formula is C20H25NO2. The van der Waals surface area contributed by atoms with Gasteiger partial charge >= 0.3 is 0 Å². The van der Waals surface area contributed by atoms with Crippen LogP contribution in [0.15, 0.2) is 30.3 Å². The summed E-state index contributed by atoms with van der Waals surface area (Å²) in [5, 5.41) is 0. The van der Waals surface area contributed by atoms with Gasteiger partial charge in [0.15, 0.2) is 0 Å². The molecule has 0 bridgehead atoms. The maximum atomic E-state index is 6.17. The van der Waals surface area contributed by atoms with Gasteiger partial charge in [0.2, 0.25) is 0 Å². The molecule has 0 saturated carbocycles. The highest BCUT2D eigenvalue weighted by atomic mass is 16.5. The van der Waals surface area contributed by atoms with Crippen molar-refractivity contribution in [3.8, 4) is 11.5 Å². The first-order chi connectivity index (χ1) is 11.1. The highest BCUT2D eigenvalue weighted by molar-refractivity contribution is 5.59. The van der Waals surface area contributed by atoms with E-state index in [1.54, 1.807) is 0 Å². The molecule has 1 aliphatic heterocycles. The maximum Gasteiger partial charge on any atom is 0.126 e. The van der Waals surface area contributed by atoms with Crippen LogP contribution in [0.2, 0.25) is 0 Å². The van der Waals surface area contributed by atoms with Crippen LogP contribution >= 0.6 is 0 Å². The third kappa shape index (κ3) is 3.06. The van der Waals surface area contributed by atoms with Crippen LogP contribution in [0.3, 0.4) is 0 Å². The van der Waals surface area contributed by atoms with E-state index in [1.165, 1.54) is 27.8 Å². The number of nitrogens with two attached hydrogens (primary N) is 1. The second kappa shape index (κ2) is 6.63. The van der Waals surface area contributed by atoms with E-state index >= 15 is 0 Å². The Bertz CT molecular complexity index is 695. The number of benzene rings is 2. The van der Waals surface area contributed by atoms with Crippen LogP contribution in [0, 0.1) is 20.8 Å². The second-order valence-corrected chi connectivity index (χ2v) is 6.31. The Morgan fingerprint density at radius 1 is 1.09 bits per heavy atom. The largest absolute Gasteiger partial charge is 0.489 e. The summed E-state index contributed by atoms with van der Waals surface area (Å²) in [4.78, 5) is 0. The molecule has 0 radical (unpaired) electrons. The molecule has 0 aromatic heterocycles. The summed E-state index contributed by atoms with van der Waals surface area (Å²) in [7, 11) is 0. The zero-order chi connectivity index (χ0) is 16.4. The van der Waals surface area contributed by atoms with E-state index in [-0.39, 0.29) is 6.10 Å². The molecule has 1 unspecified atom stereocenters.